The highest BCUT2D eigenvalue weighted by molar-refractivity contribution is 6.36. The molecular weight excluding hydrogens is 431 g/mol. The van der Waals surface area contributed by atoms with Gasteiger partial charge in [0.05, 0.1) is 10.7 Å². The number of benzene rings is 2. The van der Waals surface area contributed by atoms with E-state index in [4.69, 9.17) is 39.5 Å². The molecule has 0 aromatic heterocycles. The summed E-state index contributed by atoms with van der Waals surface area (Å²) in [5.74, 6) is 0.0497. The fourth-order valence-corrected chi connectivity index (χ4v) is 3.30. The summed E-state index contributed by atoms with van der Waals surface area (Å²) >= 11 is 17.6. The first-order valence-corrected chi connectivity index (χ1v) is 10.9. The zero-order valence-electron chi connectivity index (χ0n) is 17.2. The Morgan fingerprint density at radius 2 is 1.55 bits per heavy atom. The minimum absolute atomic E-state index is 0.0497. The predicted octanol–water partition coefficient (Wildman–Crippen LogP) is 6.04. The normalized spacial score (nSPS) is 13.0. The second-order valence-corrected chi connectivity index (χ2v) is 7.18. The second-order valence-electron chi connectivity index (χ2n) is 5.90. The van der Waals surface area contributed by atoms with Gasteiger partial charge in [-0.15, -0.1) is 0 Å². The molecule has 1 amide bonds. The largest absolute Gasteiger partial charge is 0.372 e. The van der Waals surface area contributed by atoms with E-state index in [0.29, 0.717) is 29.7 Å². The zero-order chi connectivity index (χ0) is 21.6. The lowest BCUT2D eigenvalue weighted by Crippen LogP contribution is -2.49. The highest BCUT2D eigenvalue weighted by Crippen LogP contribution is 2.29. The number of carbonyl (C=O) groups is 1. The van der Waals surface area contributed by atoms with Gasteiger partial charge in [-0.05, 0) is 37.3 Å². The zero-order valence-corrected chi connectivity index (χ0v) is 19.5. The van der Waals surface area contributed by atoms with E-state index >= 15 is 0 Å². The van der Waals surface area contributed by atoms with Gasteiger partial charge in [-0.2, -0.15) is 0 Å². The molecule has 160 valence electrons. The fraction of sp³-hybridized carbons (Fsp3) is 0.409. The summed E-state index contributed by atoms with van der Waals surface area (Å²) in [5, 5.41) is 2.07. The summed E-state index contributed by atoms with van der Waals surface area (Å²) in [5.41, 5.74) is 0.966. The van der Waals surface area contributed by atoms with Gasteiger partial charge in [0.25, 0.3) is 0 Å². The maximum absolute atomic E-state index is 11.9. The van der Waals surface area contributed by atoms with Crippen LogP contribution in [-0.2, 0) is 9.53 Å². The van der Waals surface area contributed by atoms with Crippen molar-refractivity contribution in [2.45, 2.75) is 20.8 Å². The lowest BCUT2D eigenvalue weighted by Gasteiger charge is -2.36. The van der Waals surface area contributed by atoms with Crippen LogP contribution in [0, 0.1) is 0 Å². The van der Waals surface area contributed by atoms with Gasteiger partial charge in [0, 0.05) is 42.8 Å². The van der Waals surface area contributed by atoms with Gasteiger partial charge in [0.15, 0.2) is 0 Å². The smallest absolute Gasteiger partial charge is 0.248 e. The van der Waals surface area contributed by atoms with Crippen LogP contribution in [0.15, 0.2) is 48.5 Å². The minimum atomic E-state index is 0.0497. The van der Waals surface area contributed by atoms with E-state index in [-0.39, 0.29) is 12.5 Å². The Kier molecular flexibility index (Phi) is 12.8. The topological polar surface area (TPSA) is 32.8 Å². The third kappa shape index (κ3) is 9.26. The van der Waals surface area contributed by atoms with Crippen LogP contribution in [0.2, 0.25) is 15.1 Å². The Bertz CT molecular complexity index is 721. The molecule has 1 heterocycles. The van der Waals surface area contributed by atoms with Gasteiger partial charge < -0.3 is 14.5 Å². The highest BCUT2D eigenvalue weighted by Gasteiger charge is 2.22. The van der Waals surface area contributed by atoms with Crippen LogP contribution in [0.4, 0.5) is 5.69 Å². The molecule has 0 radical (unpaired) electrons. The van der Waals surface area contributed by atoms with Crippen molar-refractivity contribution in [1.29, 1.82) is 0 Å². The van der Waals surface area contributed by atoms with Crippen molar-refractivity contribution in [1.82, 2.24) is 4.90 Å². The number of hydrogen-bond donors (Lipinski definition) is 0. The number of halogens is 3. The first-order chi connectivity index (χ1) is 14.0. The molecule has 1 fully saturated rings. The number of hydrogen-bond acceptors (Lipinski definition) is 3. The van der Waals surface area contributed by atoms with E-state index in [1.165, 1.54) is 0 Å². The molecule has 0 unspecified atom stereocenters. The summed E-state index contributed by atoms with van der Waals surface area (Å²) in [6, 6.07) is 14.9. The molecular formula is C22H29Cl3N2O2. The molecule has 29 heavy (non-hydrogen) atoms. The molecule has 1 aliphatic rings. The van der Waals surface area contributed by atoms with E-state index in [9.17, 15) is 4.79 Å². The minimum Gasteiger partial charge on any atom is -0.372 e. The van der Waals surface area contributed by atoms with Crippen LogP contribution < -0.4 is 4.90 Å². The van der Waals surface area contributed by atoms with Crippen molar-refractivity contribution in [3.05, 3.63) is 63.6 Å². The molecule has 2 aromatic rings. The Balaban J connectivity index is 0.000000390. The van der Waals surface area contributed by atoms with Crippen molar-refractivity contribution >= 4 is 46.4 Å². The first-order valence-electron chi connectivity index (χ1n) is 9.77. The molecule has 0 aliphatic carbocycles. The summed E-state index contributed by atoms with van der Waals surface area (Å²) in [6.45, 7) is 9.51. The lowest BCUT2D eigenvalue weighted by molar-refractivity contribution is -0.136. The summed E-state index contributed by atoms with van der Waals surface area (Å²) < 4.78 is 5.15. The number of amides is 1. The van der Waals surface area contributed by atoms with Gasteiger partial charge in [0.1, 0.15) is 6.61 Å². The maximum Gasteiger partial charge on any atom is 0.248 e. The molecule has 2 aromatic carbocycles. The van der Waals surface area contributed by atoms with Gasteiger partial charge in [-0.1, -0.05) is 66.8 Å². The van der Waals surface area contributed by atoms with E-state index in [1.54, 1.807) is 6.07 Å². The molecule has 3 rings (SSSR count). The molecule has 7 heteroatoms. The molecule has 0 atom stereocenters. The number of anilines is 1. The van der Waals surface area contributed by atoms with Crippen LogP contribution in [0.5, 0.6) is 0 Å². The average molecular weight is 460 g/mol. The predicted molar refractivity (Wildman–Crippen MR) is 125 cm³/mol. The van der Waals surface area contributed by atoms with Crippen molar-refractivity contribution < 1.29 is 9.53 Å². The van der Waals surface area contributed by atoms with Crippen LogP contribution in [0.25, 0.3) is 0 Å². The SMILES string of the molecule is CC.CCOCC(=O)N1CCN(c2ccc(Cl)cc2Cl)CC1.Clc1ccccc1. The average Bonchev–Trinajstić information content (AvgIpc) is 2.75. The lowest BCUT2D eigenvalue weighted by atomic mass is 10.2. The summed E-state index contributed by atoms with van der Waals surface area (Å²) in [6.07, 6.45) is 0. The molecule has 1 aliphatic heterocycles. The van der Waals surface area contributed by atoms with Gasteiger partial charge in [-0.25, -0.2) is 0 Å². The number of ether oxygens (including phenoxy) is 1. The third-order valence-electron chi connectivity index (χ3n) is 4.05. The standard InChI is InChI=1S/C14H18Cl2N2O2.C6H5Cl.C2H6/c1-2-20-10-14(19)18-7-5-17(6-8-18)13-4-3-11(15)9-12(13)16;7-6-4-2-1-3-5-6;1-2/h3-4,9H,2,5-8,10H2,1H3;1-5H;1-2H3. The Labute approximate surface area is 189 Å². The molecule has 0 spiro atoms. The quantitative estimate of drug-likeness (QED) is 0.558. The van der Waals surface area contributed by atoms with Crippen LogP contribution in [0.1, 0.15) is 20.8 Å². The second kappa shape index (κ2) is 14.5. The van der Waals surface area contributed by atoms with Crippen molar-refractivity contribution in [2.75, 3.05) is 44.3 Å². The van der Waals surface area contributed by atoms with Crippen molar-refractivity contribution in [3.63, 3.8) is 0 Å². The Morgan fingerprint density at radius 3 is 2.03 bits per heavy atom. The number of carbonyl (C=O) groups excluding carboxylic acids is 1. The van der Waals surface area contributed by atoms with Crippen LogP contribution >= 0.6 is 34.8 Å². The number of rotatable bonds is 4. The van der Waals surface area contributed by atoms with Gasteiger partial charge in [-0.3, -0.25) is 4.79 Å². The molecule has 0 N–H and O–H groups in total. The van der Waals surface area contributed by atoms with E-state index in [1.807, 2.05) is 68.1 Å². The summed E-state index contributed by atoms with van der Waals surface area (Å²) in [7, 11) is 0. The van der Waals surface area contributed by atoms with E-state index < -0.39 is 0 Å². The number of nitrogens with zero attached hydrogens (tertiary/aromatic N) is 2. The third-order valence-corrected chi connectivity index (χ3v) is 4.84. The van der Waals surface area contributed by atoms with Gasteiger partial charge in [0.2, 0.25) is 5.91 Å². The molecule has 4 nitrogen and oxygen atoms in total. The Hall–Kier alpha value is -1.46. The Morgan fingerprint density at radius 1 is 0.931 bits per heavy atom. The highest BCUT2D eigenvalue weighted by atomic mass is 35.5. The van der Waals surface area contributed by atoms with Crippen LogP contribution in [-0.4, -0.2) is 50.2 Å². The fourth-order valence-electron chi connectivity index (χ4n) is 2.63. The first kappa shape index (κ1) is 25.6. The van der Waals surface area contributed by atoms with Crippen LogP contribution in [0.3, 0.4) is 0 Å². The molecule has 0 saturated carbocycles. The van der Waals surface area contributed by atoms with Gasteiger partial charge >= 0.3 is 0 Å². The van der Waals surface area contributed by atoms with E-state index in [0.717, 1.165) is 23.8 Å². The maximum atomic E-state index is 11.9. The van der Waals surface area contributed by atoms with Crippen molar-refractivity contribution in [3.8, 4) is 0 Å². The molecule has 0 bridgehead atoms. The monoisotopic (exact) mass is 458 g/mol. The van der Waals surface area contributed by atoms with Crippen molar-refractivity contribution in [2.24, 2.45) is 0 Å². The summed E-state index contributed by atoms with van der Waals surface area (Å²) in [4.78, 5) is 15.8. The molecule has 1 saturated heterocycles. The van der Waals surface area contributed by atoms with E-state index in [2.05, 4.69) is 4.90 Å². The number of piperazine rings is 1.